The lowest BCUT2D eigenvalue weighted by molar-refractivity contribution is -0.137. The molecule has 1 atom stereocenters. The molecule has 1 aromatic carbocycles. The number of carbonyl (C=O) groups is 2. The molecule has 39 heavy (non-hydrogen) atoms. The number of rotatable bonds is 6. The van der Waals surface area contributed by atoms with Gasteiger partial charge in [0.05, 0.1) is 11.3 Å². The van der Waals surface area contributed by atoms with Crippen LogP contribution in [0.4, 0.5) is 29.5 Å². The Morgan fingerprint density at radius 1 is 1.08 bits per heavy atom. The van der Waals surface area contributed by atoms with E-state index in [1.165, 1.54) is 17.8 Å². The van der Waals surface area contributed by atoms with Crippen molar-refractivity contribution in [1.29, 1.82) is 0 Å². The number of piperazine rings is 2. The lowest BCUT2D eigenvalue weighted by atomic mass is 10.1. The highest BCUT2D eigenvalue weighted by atomic mass is 35.5. The Bertz CT molecular complexity index is 1180. The summed E-state index contributed by atoms with van der Waals surface area (Å²) in [5.41, 5.74) is -0.193. The van der Waals surface area contributed by atoms with Crippen LogP contribution < -0.4 is 15.1 Å². The lowest BCUT2D eigenvalue weighted by Gasteiger charge is -2.40. The summed E-state index contributed by atoms with van der Waals surface area (Å²) in [6.45, 7) is 7.84. The molecule has 0 spiro atoms. The molecule has 2 aromatic rings. The highest BCUT2D eigenvalue weighted by Gasteiger charge is 2.32. The summed E-state index contributed by atoms with van der Waals surface area (Å²) < 4.78 is 39.2. The average molecular weight is 586 g/mol. The second-order valence-corrected chi connectivity index (χ2v) is 10.7. The molecule has 0 aliphatic carbocycles. The van der Waals surface area contributed by atoms with Gasteiger partial charge in [-0.25, -0.2) is 14.8 Å². The number of nitrogens with one attached hydrogen (secondary N) is 1. The Morgan fingerprint density at radius 3 is 2.46 bits per heavy atom. The van der Waals surface area contributed by atoms with Crippen molar-refractivity contribution >= 4 is 46.8 Å². The van der Waals surface area contributed by atoms with Gasteiger partial charge in [0.15, 0.2) is 5.16 Å². The molecule has 2 saturated heterocycles. The van der Waals surface area contributed by atoms with Gasteiger partial charge in [0.2, 0.25) is 5.91 Å². The summed E-state index contributed by atoms with van der Waals surface area (Å²) >= 11 is 7.46. The molecule has 2 aliphatic heterocycles. The number of carbonyl (C=O) groups excluding carboxylic acids is 2. The van der Waals surface area contributed by atoms with Gasteiger partial charge in [-0.3, -0.25) is 4.79 Å². The van der Waals surface area contributed by atoms with E-state index in [2.05, 4.69) is 15.3 Å². The molecule has 1 N–H and O–H groups in total. The molecule has 2 aliphatic rings. The Balaban J connectivity index is 1.30. The van der Waals surface area contributed by atoms with E-state index in [0.717, 1.165) is 12.1 Å². The van der Waals surface area contributed by atoms with E-state index >= 15 is 0 Å². The van der Waals surface area contributed by atoms with Gasteiger partial charge in [0.1, 0.15) is 11.0 Å². The van der Waals surface area contributed by atoms with Crippen molar-refractivity contribution in [2.45, 2.75) is 31.2 Å². The number of aromatic nitrogens is 2. The van der Waals surface area contributed by atoms with Crippen molar-refractivity contribution in [2.24, 2.45) is 0 Å². The normalized spacial score (nSPS) is 18.4. The predicted octanol–water partition coefficient (Wildman–Crippen LogP) is 3.83. The summed E-state index contributed by atoms with van der Waals surface area (Å²) in [4.78, 5) is 41.4. The van der Waals surface area contributed by atoms with Crippen LogP contribution in [0.25, 0.3) is 0 Å². The van der Waals surface area contributed by atoms with Crippen LogP contribution in [0.2, 0.25) is 5.15 Å². The van der Waals surface area contributed by atoms with Crippen molar-refractivity contribution in [2.75, 3.05) is 67.9 Å². The monoisotopic (exact) mass is 585 g/mol. The van der Waals surface area contributed by atoms with Crippen LogP contribution >= 0.6 is 23.4 Å². The van der Waals surface area contributed by atoms with Gasteiger partial charge in [-0.2, -0.15) is 13.2 Å². The number of nitrogens with zero attached hydrogens (tertiary/aromatic N) is 6. The van der Waals surface area contributed by atoms with Gasteiger partial charge in [-0.1, -0.05) is 29.4 Å². The van der Waals surface area contributed by atoms with E-state index in [1.807, 2.05) is 23.6 Å². The molecule has 0 bridgehead atoms. The maximum absolute atomic E-state index is 13.1. The van der Waals surface area contributed by atoms with E-state index in [0.29, 0.717) is 69.0 Å². The van der Waals surface area contributed by atoms with Gasteiger partial charge in [-0.15, -0.1) is 0 Å². The number of urea groups is 1. The van der Waals surface area contributed by atoms with Crippen LogP contribution in [0, 0.1) is 0 Å². The van der Waals surface area contributed by atoms with E-state index in [4.69, 9.17) is 11.6 Å². The van der Waals surface area contributed by atoms with Crippen molar-refractivity contribution in [3.8, 4) is 0 Å². The summed E-state index contributed by atoms with van der Waals surface area (Å²) in [5.74, 6) is 0.657. The average Bonchev–Trinajstić information content (AvgIpc) is 2.91. The molecule has 14 heteroatoms. The number of thioether (sulfide) groups is 1. The summed E-state index contributed by atoms with van der Waals surface area (Å²) in [7, 11) is 0. The van der Waals surface area contributed by atoms with Crippen molar-refractivity contribution in [3.05, 3.63) is 41.0 Å². The first-order chi connectivity index (χ1) is 18.5. The predicted molar refractivity (Wildman–Crippen MR) is 145 cm³/mol. The maximum atomic E-state index is 13.1. The zero-order chi connectivity index (χ0) is 28.2. The van der Waals surface area contributed by atoms with Gasteiger partial charge in [-0.05, 0) is 32.0 Å². The first-order valence-electron chi connectivity index (χ1n) is 12.7. The number of halogens is 4. The van der Waals surface area contributed by atoms with Gasteiger partial charge < -0.3 is 24.9 Å². The van der Waals surface area contributed by atoms with Crippen LogP contribution in [-0.4, -0.2) is 95.9 Å². The third kappa shape index (κ3) is 7.38. The van der Waals surface area contributed by atoms with Crippen molar-refractivity contribution < 1.29 is 22.8 Å². The van der Waals surface area contributed by atoms with Gasteiger partial charge in [0.25, 0.3) is 0 Å². The van der Waals surface area contributed by atoms with Crippen LogP contribution in [0.3, 0.4) is 0 Å². The molecule has 0 saturated carbocycles. The molecule has 0 unspecified atom stereocenters. The quantitative estimate of drug-likeness (QED) is 0.313. The molecule has 4 rings (SSSR count). The van der Waals surface area contributed by atoms with Crippen LogP contribution in [0.15, 0.2) is 35.5 Å². The Hall–Kier alpha value is -2.93. The van der Waals surface area contributed by atoms with Crippen molar-refractivity contribution in [3.63, 3.8) is 0 Å². The fourth-order valence-electron chi connectivity index (χ4n) is 4.64. The Kier molecular flexibility index (Phi) is 9.31. The molecular formula is C25H31ClF3N7O2S. The van der Waals surface area contributed by atoms with Crippen LogP contribution in [0.1, 0.15) is 19.4 Å². The molecule has 0 radical (unpaired) electrons. The molecule has 1 aromatic heterocycles. The SMILES string of the molecule is CCNC(=O)N1CCN(c2cc(Cl)nc(SCC(=O)N3CCN(c4cccc(C(F)(F)F)c4)CC3)n2)C[C@@H]1C. The smallest absolute Gasteiger partial charge is 0.368 e. The highest BCUT2D eigenvalue weighted by molar-refractivity contribution is 7.99. The number of hydrogen-bond donors (Lipinski definition) is 1. The van der Waals surface area contributed by atoms with Crippen LogP contribution in [-0.2, 0) is 11.0 Å². The van der Waals surface area contributed by atoms with E-state index in [-0.39, 0.29) is 28.9 Å². The minimum absolute atomic E-state index is 0.0219. The van der Waals surface area contributed by atoms with Crippen molar-refractivity contribution in [1.82, 2.24) is 25.1 Å². The first-order valence-corrected chi connectivity index (χ1v) is 14.1. The Labute approximate surface area is 234 Å². The minimum Gasteiger partial charge on any atom is -0.368 e. The second-order valence-electron chi connectivity index (χ2n) is 9.36. The largest absolute Gasteiger partial charge is 0.416 e. The number of anilines is 2. The number of alkyl halides is 3. The summed E-state index contributed by atoms with van der Waals surface area (Å²) in [6, 6.07) is 6.81. The molecule has 3 amide bonds. The molecule has 9 nitrogen and oxygen atoms in total. The first kappa shape index (κ1) is 29.1. The summed E-state index contributed by atoms with van der Waals surface area (Å²) in [6.07, 6.45) is -4.40. The third-order valence-electron chi connectivity index (χ3n) is 6.70. The number of amides is 3. The fraction of sp³-hybridized carbons (Fsp3) is 0.520. The standard InChI is InChI=1S/C25H31ClF3N7O2S/c1-3-30-24(38)36-12-11-35(15-17(36)2)21-14-20(26)31-23(32-21)39-16-22(37)34-9-7-33(8-10-34)19-6-4-5-18(13-19)25(27,28)29/h4-6,13-14,17H,3,7-12,15-16H2,1-2H3,(H,30,38)/t17-/m0/s1. The second kappa shape index (κ2) is 12.5. The molecule has 2 fully saturated rings. The lowest BCUT2D eigenvalue weighted by Crippen LogP contribution is -2.56. The summed E-state index contributed by atoms with van der Waals surface area (Å²) in [5, 5.41) is 3.48. The topological polar surface area (TPSA) is 84.9 Å². The van der Waals surface area contributed by atoms with E-state index in [9.17, 15) is 22.8 Å². The minimum atomic E-state index is -4.40. The molecule has 212 valence electrons. The fourth-order valence-corrected chi connectivity index (χ4v) is 5.63. The Morgan fingerprint density at radius 2 is 1.79 bits per heavy atom. The zero-order valence-electron chi connectivity index (χ0n) is 21.7. The number of hydrogen-bond acceptors (Lipinski definition) is 7. The van der Waals surface area contributed by atoms with E-state index < -0.39 is 11.7 Å². The highest BCUT2D eigenvalue weighted by Crippen LogP contribution is 2.32. The third-order valence-corrected chi connectivity index (χ3v) is 7.72. The zero-order valence-corrected chi connectivity index (χ0v) is 23.3. The van der Waals surface area contributed by atoms with Gasteiger partial charge in [0, 0.05) is 70.2 Å². The number of benzene rings is 1. The molecular weight excluding hydrogens is 555 g/mol. The van der Waals surface area contributed by atoms with Crippen LogP contribution in [0.5, 0.6) is 0 Å². The van der Waals surface area contributed by atoms with E-state index in [1.54, 1.807) is 21.9 Å². The molecule has 3 heterocycles. The van der Waals surface area contributed by atoms with Gasteiger partial charge >= 0.3 is 12.2 Å². The maximum Gasteiger partial charge on any atom is 0.416 e.